The van der Waals surface area contributed by atoms with Crippen molar-refractivity contribution in [2.45, 2.75) is 6.92 Å². The summed E-state index contributed by atoms with van der Waals surface area (Å²) < 4.78 is 10.6. The molecule has 1 heterocycles. The highest BCUT2D eigenvalue weighted by Gasteiger charge is 2.09. The molecule has 0 amide bonds. The zero-order valence-corrected chi connectivity index (χ0v) is 11.5. The molecule has 0 saturated heterocycles. The van der Waals surface area contributed by atoms with E-state index in [4.69, 9.17) is 21.1 Å². The van der Waals surface area contributed by atoms with Crippen molar-refractivity contribution in [1.82, 2.24) is 15.0 Å². The first-order valence-electron chi connectivity index (χ1n) is 5.54. The maximum atomic E-state index is 5.89. The molecule has 1 N–H and O–H groups in total. The van der Waals surface area contributed by atoms with E-state index >= 15 is 0 Å². The number of hydrogen-bond acceptors (Lipinski definition) is 6. The molecular formula is C12H13ClN4O2. The summed E-state index contributed by atoms with van der Waals surface area (Å²) in [5, 5.41) is 3.46. The third-order valence-electron chi connectivity index (χ3n) is 2.34. The van der Waals surface area contributed by atoms with E-state index in [9.17, 15) is 0 Å². The molecule has 2 aromatic rings. The third kappa shape index (κ3) is 3.23. The predicted molar refractivity (Wildman–Crippen MR) is 72.2 cm³/mol. The second-order valence-corrected chi connectivity index (χ2v) is 4.13. The molecule has 0 spiro atoms. The fraction of sp³-hybridized carbons (Fsp3) is 0.250. The Labute approximate surface area is 115 Å². The lowest BCUT2D eigenvalue weighted by Gasteiger charge is -2.09. The van der Waals surface area contributed by atoms with Crippen LogP contribution in [0.25, 0.3) is 0 Å². The van der Waals surface area contributed by atoms with Gasteiger partial charge in [0, 0.05) is 12.1 Å². The SMILES string of the molecule is CNc1nc(OC)nc(Oc2ccc(Cl)cc2C)n1. The van der Waals surface area contributed by atoms with Gasteiger partial charge in [-0.05, 0) is 30.7 Å². The number of methoxy groups -OCH3 is 1. The van der Waals surface area contributed by atoms with Gasteiger partial charge in [0.05, 0.1) is 7.11 Å². The van der Waals surface area contributed by atoms with E-state index in [1.165, 1.54) is 7.11 Å². The number of aryl methyl sites for hydroxylation is 1. The molecule has 0 aliphatic carbocycles. The van der Waals surface area contributed by atoms with Crippen LogP contribution in [0.1, 0.15) is 5.56 Å². The molecule has 0 unspecified atom stereocenters. The molecule has 2 rings (SSSR count). The van der Waals surface area contributed by atoms with E-state index in [0.717, 1.165) is 5.56 Å². The van der Waals surface area contributed by atoms with E-state index in [1.54, 1.807) is 25.2 Å². The second-order valence-electron chi connectivity index (χ2n) is 3.69. The molecule has 7 heteroatoms. The lowest BCUT2D eigenvalue weighted by molar-refractivity contribution is 0.359. The molecular weight excluding hydrogens is 268 g/mol. The summed E-state index contributed by atoms with van der Waals surface area (Å²) in [6.07, 6.45) is 0. The Bertz CT molecular complexity index is 570. The maximum absolute atomic E-state index is 5.89. The smallest absolute Gasteiger partial charge is 0.330 e. The quantitative estimate of drug-likeness (QED) is 0.928. The standard InChI is InChI=1S/C12H13ClN4O2/c1-7-6-8(13)4-5-9(7)19-12-16-10(14-2)15-11(17-12)18-3/h4-6H,1-3H3,(H,14,15,16,17). The van der Waals surface area contributed by atoms with Crippen molar-refractivity contribution in [2.24, 2.45) is 0 Å². The number of aromatic nitrogens is 3. The van der Waals surface area contributed by atoms with E-state index in [-0.39, 0.29) is 12.0 Å². The molecule has 0 fully saturated rings. The molecule has 1 aromatic heterocycles. The average molecular weight is 281 g/mol. The summed E-state index contributed by atoms with van der Waals surface area (Å²) in [4.78, 5) is 12.1. The fourth-order valence-corrected chi connectivity index (χ4v) is 1.64. The Morgan fingerprint density at radius 2 is 1.89 bits per heavy atom. The van der Waals surface area contributed by atoms with Crippen molar-refractivity contribution in [3.63, 3.8) is 0 Å². The first-order chi connectivity index (χ1) is 9.12. The minimum absolute atomic E-state index is 0.154. The summed E-state index contributed by atoms with van der Waals surface area (Å²) in [6.45, 7) is 1.89. The molecule has 0 atom stereocenters. The number of benzene rings is 1. The summed E-state index contributed by atoms with van der Waals surface area (Å²) in [6, 6.07) is 5.63. The molecule has 0 radical (unpaired) electrons. The van der Waals surface area contributed by atoms with Gasteiger partial charge < -0.3 is 14.8 Å². The molecule has 0 aliphatic rings. The van der Waals surface area contributed by atoms with Crippen LogP contribution < -0.4 is 14.8 Å². The van der Waals surface area contributed by atoms with Crippen molar-refractivity contribution in [3.8, 4) is 17.8 Å². The normalized spacial score (nSPS) is 10.1. The molecule has 6 nitrogen and oxygen atoms in total. The number of anilines is 1. The molecule has 0 saturated carbocycles. The Morgan fingerprint density at radius 1 is 1.16 bits per heavy atom. The number of rotatable bonds is 4. The van der Waals surface area contributed by atoms with Gasteiger partial charge in [-0.3, -0.25) is 0 Å². The van der Waals surface area contributed by atoms with Crippen LogP contribution in [-0.2, 0) is 0 Å². The van der Waals surface area contributed by atoms with Gasteiger partial charge in [-0.1, -0.05) is 11.6 Å². The highest BCUT2D eigenvalue weighted by molar-refractivity contribution is 6.30. The molecule has 19 heavy (non-hydrogen) atoms. The van der Waals surface area contributed by atoms with Gasteiger partial charge in [0.2, 0.25) is 5.95 Å². The van der Waals surface area contributed by atoms with E-state index in [0.29, 0.717) is 16.7 Å². The number of hydrogen-bond donors (Lipinski definition) is 1. The van der Waals surface area contributed by atoms with Gasteiger partial charge >= 0.3 is 12.0 Å². The third-order valence-corrected chi connectivity index (χ3v) is 2.57. The highest BCUT2D eigenvalue weighted by atomic mass is 35.5. The van der Waals surface area contributed by atoms with Crippen molar-refractivity contribution >= 4 is 17.5 Å². The number of ether oxygens (including phenoxy) is 2. The molecule has 100 valence electrons. The van der Waals surface area contributed by atoms with Crippen LogP contribution in [0.3, 0.4) is 0 Å². The molecule has 0 aliphatic heterocycles. The Kier molecular flexibility index (Phi) is 4.01. The summed E-state index contributed by atoms with van der Waals surface area (Å²) in [5.74, 6) is 0.994. The van der Waals surface area contributed by atoms with Gasteiger partial charge in [0.25, 0.3) is 0 Å². The van der Waals surface area contributed by atoms with Gasteiger partial charge in [0.15, 0.2) is 0 Å². The van der Waals surface area contributed by atoms with E-state index in [2.05, 4.69) is 20.3 Å². The lowest BCUT2D eigenvalue weighted by Crippen LogP contribution is -2.03. The van der Waals surface area contributed by atoms with E-state index < -0.39 is 0 Å². The largest absolute Gasteiger partial charge is 0.467 e. The monoisotopic (exact) mass is 280 g/mol. The van der Waals surface area contributed by atoms with Crippen LogP contribution in [0.5, 0.6) is 17.8 Å². The number of nitrogens with one attached hydrogen (secondary N) is 1. The fourth-order valence-electron chi connectivity index (χ4n) is 1.41. The minimum Gasteiger partial charge on any atom is -0.467 e. The van der Waals surface area contributed by atoms with Crippen LogP contribution in [0.15, 0.2) is 18.2 Å². The maximum Gasteiger partial charge on any atom is 0.330 e. The number of nitrogens with zero attached hydrogens (tertiary/aromatic N) is 3. The van der Waals surface area contributed by atoms with Crippen molar-refractivity contribution < 1.29 is 9.47 Å². The average Bonchev–Trinajstić information content (AvgIpc) is 2.41. The van der Waals surface area contributed by atoms with Crippen LogP contribution in [-0.4, -0.2) is 29.1 Å². The Balaban J connectivity index is 2.31. The van der Waals surface area contributed by atoms with Gasteiger partial charge in [-0.25, -0.2) is 0 Å². The number of halogens is 1. The van der Waals surface area contributed by atoms with Crippen LogP contribution in [0.2, 0.25) is 5.02 Å². The summed E-state index contributed by atoms with van der Waals surface area (Å²) in [5.41, 5.74) is 0.887. The van der Waals surface area contributed by atoms with E-state index in [1.807, 2.05) is 6.92 Å². The lowest BCUT2D eigenvalue weighted by atomic mass is 10.2. The molecule has 1 aromatic carbocycles. The topological polar surface area (TPSA) is 69.2 Å². The highest BCUT2D eigenvalue weighted by Crippen LogP contribution is 2.26. The summed E-state index contributed by atoms with van der Waals surface area (Å²) in [7, 11) is 3.18. The summed E-state index contributed by atoms with van der Waals surface area (Å²) >= 11 is 5.89. The second kappa shape index (κ2) is 5.71. The molecule has 0 bridgehead atoms. The van der Waals surface area contributed by atoms with Gasteiger partial charge in [-0.2, -0.15) is 9.97 Å². The van der Waals surface area contributed by atoms with Crippen LogP contribution in [0.4, 0.5) is 5.95 Å². The van der Waals surface area contributed by atoms with Crippen LogP contribution in [0, 0.1) is 6.92 Å². The first kappa shape index (κ1) is 13.4. The zero-order chi connectivity index (χ0) is 13.8. The zero-order valence-electron chi connectivity index (χ0n) is 10.8. The van der Waals surface area contributed by atoms with Crippen LogP contribution >= 0.6 is 11.6 Å². The Morgan fingerprint density at radius 3 is 2.53 bits per heavy atom. The van der Waals surface area contributed by atoms with Crippen molar-refractivity contribution in [2.75, 3.05) is 19.5 Å². The predicted octanol–water partition coefficient (Wildman–Crippen LogP) is 2.68. The first-order valence-corrected chi connectivity index (χ1v) is 5.92. The van der Waals surface area contributed by atoms with Crippen molar-refractivity contribution in [1.29, 1.82) is 0 Å². The Hall–Kier alpha value is -2.08. The van der Waals surface area contributed by atoms with Gasteiger partial charge in [0.1, 0.15) is 5.75 Å². The minimum atomic E-state index is 0.154. The van der Waals surface area contributed by atoms with Crippen molar-refractivity contribution in [3.05, 3.63) is 28.8 Å². The van der Waals surface area contributed by atoms with Gasteiger partial charge in [-0.15, -0.1) is 4.98 Å².